The van der Waals surface area contributed by atoms with Gasteiger partial charge in [-0.15, -0.1) is 5.10 Å². The van der Waals surface area contributed by atoms with Crippen LogP contribution in [0.15, 0.2) is 48.8 Å². The summed E-state index contributed by atoms with van der Waals surface area (Å²) in [6, 6.07) is 11.3. The first-order valence-corrected chi connectivity index (χ1v) is 8.23. The predicted molar refractivity (Wildman–Crippen MR) is 98.9 cm³/mol. The first kappa shape index (κ1) is 16.8. The van der Waals surface area contributed by atoms with Crippen LogP contribution in [-0.4, -0.2) is 25.3 Å². The van der Waals surface area contributed by atoms with Crippen LogP contribution >= 0.6 is 12.2 Å². The standard InChI is InChI=1S/C17H18N6OS/c1-2-12-3-5-14(6-4-12)20-15(24)11-22-17(25)23(18)16(21-22)13-7-9-19-10-8-13/h3-10H,2,11,18H2,1H3,(H,20,24). The van der Waals surface area contributed by atoms with Crippen molar-refractivity contribution in [3.8, 4) is 11.4 Å². The molecule has 128 valence electrons. The van der Waals surface area contributed by atoms with Crippen LogP contribution in [-0.2, 0) is 17.8 Å². The van der Waals surface area contributed by atoms with Crippen molar-refractivity contribution in [1.29, 1.82) is 0 Å². The van der Waals surface area contributed by atoms with E-state index in [4.69, 9.17) is 18.1 Å². The number of nitrogens with two attached hydrogens (primary N) is 1. The van der Waals surface area contributed by atoms with Crippen LogP contribution in [0.25, 0.3) is 11.4 Å². The molecule has 0 aliphatic heterocycles. The molecule has 2 heterocycles. The molecule has 25 heavy (non-hydrogen) atoms. The molecular formula is C17H18N6OS. The van der Waals surface area contributed by atoms with Crippen LogP contribution in [0, 0.1) is 4.77 Å². The summed E-state index contributed by atoms with van der Waals surface area (Å²) in [7, 11) is 0. The molecule has 3 N–H and O–H groups in total. The smallest absolute Gasteiger partial charge is 0.246 e. The number of nitrogen functional groups attached to an aromatic ring is 1. The number of benzene rings is 1. The molecule has 3 aromatic rings. The largest absolute Gasteiger partial charge is 0.335 e. The summed E-state index contributed by atoms with van der Waals surface area (Å²) >= 11 is 5.27. The third-order valence-electron chi connectivity index (χ3n) is 3.75. The highest BCUT2D eigenvalue weighted by Crippen LogP contribution is 2.15. The summed E-state index contributed by atoms with van der Waals surface area (Å²) in [4.78, 5) is 16.2. The van der Waals surface area contributed by atoms with E-state index in [9.17, 15) is 4.79 Å². The summed E-state index contributed by atoms with van der Waals surface area (Å²) in [5, 5.41) is 7.18. The lowest BCUT2D eigenvalue weighted by atomic mass is 10.1. The Bertz CT molecular complexity index is 930. The summed E-state index contributed by atoms with van der Waals surface area (Å²) in [5.74, 6) is 6.23. The minimum Gasteiger partial charge on any atom is -0.335 e. The van der Waals surface area contributed by atoms with Gasteiger partial charge >= 0.3 is 0 Å². The number of carbonyl (C=O) groups excluding carboxylic acids is 1. The number of carbonyl (C=O) groups is 1. The van der Waals surface area contributed by atoms with Crippen LogP contribution in [0.5, 0.6) is 0 Å². The molecule has 0 fully saturated rings. The van der Waals surface area contributed by atoms with Gasteiger partial charge in [-0.1, -0.05) is 19.1 Å². The normalized spacial score (nSPS) is 10.6. The SMILES string of the molecule is CCc1ccc(NC(=O)Cn2nc(-c3ccncc3)n(N)c2=S)cc1. The molecule has 1 amide bonds. The Morgan fingerprint density at radius 1 is 1.20 bits per heavy atom. The number of anilines is 1. The average molecular weight is 354 g/mol. The van der Waals surface area contributed by atoms with E-state index in [1.54, 1.807) is 24.5 Å². The molecule has 0 aliphatic rings. The van der Waals surface area contributed by atoms with E-state index in [-0.39, 0.29) is 17.2 Å². The number of rotatable bonds is 5. The van der Waals surface area contributed by atoms with Gasteiger partial charge in [-0.25, -0.2) is 9.36 Å². The number of amides is 1. The molecule has 0 bridgehead atoms. The van der Waals surface area contributed by atoms with Gasteiger partial charge in [0.25, 0.3) is 0 Å². The number of pyridine rings is 1. The van der Waals surface area contributed by atoms with Crippen molar-refractivity contribution in [3.05, 3.63) is 59.1 Å². The van der Waals surface area contributed by atoms with Gasteiger partial charge in [-0.3, -0.25) is 9.78 Å². The highest BCUT2D eigenvalue weighted by atomic mass is 32.1. The highest BCUT2D eigenvalue weighted by molar-refractivity contribution is 7.71. The summed E-state index contributed by atoms with van der Waals surface area (Å²) in [5.41, 5.74) is 2.72. The molecule has 2 aromatic heterocycles. The minimum atomic E-state index is -0.222. The summed E-state index contributed by atoms with van der Waals surface area (Å²) < 4.78 is 2.96. The number of hydrogen-bond acceptors (Lipinski definition) is 5. The molecular weight excluding hydrogens is 336 g/mol. The van der Waals surface area contributed by atoms with Crippen LogP contribution in [0.2, 0.25) is 0 Å². The zero-order valence-corrected chi connectivity index (χ0v) is 14.5. The Morgan fingerprint density at radius 3 is 2.52 bits per heavy atom. The molecule has 0 unspecified atom stereocenters. The third-order valence-corrected chi connectivity index (χ3v) is 4.16. The van der Waals surface area contributed by atoms with Crippen molar-refractivity contribution in [3.63, 3.8) is 0 Å². The second kappa shape index (κ2) is 7.27. The van der Waals surface area contributed by atoms with E-state index >= 15 is 0 Å². The number of aryl methyl sites for hydroxylation is 1. The van der Waals surface area contributed by atoms with E-state index in [1.807, 2.05) is 24.3 Å². The molecule has 0 aliphatic carbocycles. The number of hydrogen-bond donors (Lipinski definition) is 2. The van der Waals surface area contributed by atoms with Gasteiger partial charge in [0.1, 0.15) is 6.54 Å². The molecule has 0 saturated carbocycles. The Kier molecular flexibility index (Phi) is 4.90. The lowest BCUT2D eigenvalue weighted by Gasteiger charge is -2.06. The van der Waals surface area contributed by atoms with Gasteiger partial charge in [0, 0.05) is 23.6 Å². The maximum Gasteiger partial charge on any atom is 0.246 e. The maximum atomic E-state index is 12.3. The Morgan fingerprint density at radius 2 is 1.88 bits per heavy atom. The Labute approximate surface area is 150 Å². The van der Waals surface area contributed by atoms with Gasteiger partial charge < -0.3 is 11.2 Å². The van der Waals surface area contributed by atoms with Gasteiger partial charge in [0.2, 0.25) is 10.7 Å². The second-order valence-corrected chi connectivity index (χ2v) is 5.83. The van der Waals surface area contributed by atoms with Crippen LogP contribution in [0.1, 0.15) is 12.5 Å². The van der Waals surface area contributed by atoms with Crippen LogP contribution < -0.4 is 11.2 Å². The zero-order valence-electron chi connectivity index (χ0n) is 13.7. The monoisotopic (exact) mass is 354 g/mol. The van der Waals surface area contributed by atoms with Crippen LogP contribution in [0.4, 0.5) is 5.69 Å². The van der Waals surface area contributed by atoms with Crippen molar-refractivity contribution < 1.29 is 4.79 Å². The summed E-state index contributed by atoms with van der Waals surface area (Å²) in [6.45, 7) is 2.06. The topological polar surface area (TPSA) is 90.8 Å². The van der Waals surface area contributed by atoms with E-state index < -0.39 is 0 Å². The summed E-state index contributed by atoms with van der Waals surface area (Å²) in [6.07, 6.45) is 4.24. The van der Waals surface area contributed by atoms with E-state index in [1.165, 1.54) is 14.9 Å². The molecule has 0 saturated heterocycles. The molecule has 0 radical (unpaired) electrons. The molecule has 8 heteroatoms. The van der Waals surface area contributed by atoms with E-state index in [2.05, 4.69) is 22.3 Å². The van der Waals surface area contributed by atoms with Gasteiger partial charge in [-0.05, 0) is 48.5 Å². The highest BCUT2D eigenvalue weighted by Gasteiger charge is 2.13. The van der Waals surface area contributed by atoms with Crippen molar-refractivity contribution in [2.75, 3.05) is 11.2 Å². The fourth-order valence-electron chi connectivity index (χ4n) is 2.38. The lowest BCUT2D eigenvalue weighted by Crippen LogP contribution is -2.20. The van der Waals surface area contributed by atoms with E-state index in [0.717, 1.165) is 17.7 Å². The number of nitrogens with zero attached hydrogens (tertiary/aromatic N) is 4. The number of nitrogens with one attached hydrogen (secondary N) is 1. The van der Waals surface area contributed by atoms with Crippen molar-refractivity contribution in [2.45, 2.75) is 19.9 Å². The predicted octanol–water partition coefficient (Wildman–Crippen LogP) is 2.39. The van der Waals surface area contributed by atoms with Crippen molar-refractivity contribution in [1.82, 2.24) is 19.4 Å². The second-order valence-electron chi connectivity index (χ2n) is 5.47. The van der Waals surface area contributed by atoms with Gasteiger partial charge in [0.15, 0.2) is 5.82 Å². The zero-order chi connectivity index (χ0) is 17.8. The third kappa shape index (κ3) is 3.74. The van der Waals surface area contributed by atoms with Gasteiger partial charge in [0.05, 0.1) is 0 Å². The first-order chi connectivity index (χ1) is 12.1. The number of aromatic nitrogens is 4. The van der Waals surface area contributed by atoms with Crippen LogP contribution in [0.3, 0.4) is 0 Å². The van der Waals surface area contributed by atoms with Gasteiger partial charge in [-0.2, -0.15) is 0 Å². The average Bonchev–Trinajstić information content (AvgIpc) is 2.91. The van der Waals surface area contributed by atoms with Crippen molar-refractivity contribution >= 4 is 23.8 Å². The Balaban J connectivity index is 1.76. The van der Waals surface area contributed by atoms with Crippen molar-refractivity contribution in [2.24, 2.45) is 0 Å². The molecule has 0 atom stereocenters. The molecule has 1 aromatic carbocycles. The Hall–Kier alpha value is -3.00. The molecule has 0 spiro atoms. The maximum absolute atomic E-state index is 12.3. The minimum absolute atomic E-state index is 0.0172. The quantitative estimate of drug-likeness (QED) is 0.542. The molecule has 3 rings (SSSR count). The fraction of sp³-hybridized carbons (Fsp3) is 0.176. The van der Waals surface area contributed by atoms with E-state index in [0.29, 0.717) is 5.82 Å². The lowest BCUT2D eigenvalue weighted by molar-refractivity contribution is -0.116. The fourth-order valence-corrected chi connectivity index (χ4v) is 2.57. The molecule has 7 nitrogen and oxygen atoms in total. The first-order valence-electron chi connectivity index (χ1n) is 7.82.